The molecule has 0 radical (unpaired) electrons. The fraction of sp³-hybridized carbons (Fsp3) is 0.500. The maximum atomic E-state index is 5.63. The first-order valence-corrected chi connectivity index (χ1v) is 6.55. The number of hydrogen-bond donors (Lipinski definition) is 1. The zero-order chi connectivity index (χ0) is 12.5. The summed E-state index contributed by atoms with van der Waals surface area (Å²) in [5, 5.41) is 8.01. The van der Waals surface area contributed by atoms with Gasteiger partial charge in [-0.05, 0) is 44.5 Å². The van der Waals surface area contributed by atoms with Gasteiger partial charge in [0.05, 0.1) is 0 Å². The maximum Gasteiger partial charge on any atom is 0.154 e. The fourth-order valence-corrected chi connectivity index (χ4v) is 2.66. The monoisotopic (exact) mass is 245 g/mol. The molecule has 1 unspecified atom stereocenters. The number of rotatable bonds is 2. The van der Waals surface area contributed by atoms with Gasteiger partial charge in [-0.3, -0.25) is 4.68 Å². The molecular formula is C14H19N3O. The summed E-state index contributed by atoms with van der Waals surface area (Å²) in [5.74, 6) is 2.36. The van der Waals surface area contributed by atoms with Crippen molar-refractivity contribution in [3.05, 3.63) is 29.7 Å². The van der Waals surface area contributed by atoms with Crippen LogP contribution in [-0.2, 0) is 7.05 Å². The van der Waals surface area contributed by atoms with E-state index in [-0.39, 0.29) is 0 Å². The lowest BCUT2D eigenvalue weighted by atomic mass is 9.96. The molecule has 1 aliphatic heterocycles. The Morgan fingerprint density at radius 3 is 3.00 bits per heavy atom. The highest BCUT2D eigenvalue weighted by Crippen LogP contribution is 2.28. The fourth-order valence-electron chi connectivity index (χ4n) is 2.66. The third-order valence-corrected chi connectivity index (χ3v) is 3.62. The number of nitrogens with one attached hydrogen (secondary N) is 1. The number of aryl methyl sites for hydroxylation is 2. The highest BCUT2D eigenvalue weighted by molar-refractivity contribution is 5.53. The molecule has 0 amide bonds. The smallest absolute Gasteiger partial charge is 0.154 e. The van der Waals surface area contributed by atoms with Gasteiger partial charge < -0.3 is 9.73 Å². The van der Waals surface area contributed by atoms with Crippen molar-refractivity contribution in [2.75, 3.05) is 13.1 Å². The Hall–Kier alpha value is -1.55. The summed E-state index contributed by atoms with van der Waals surface area (Å²) in [6.07, 6.45) is 2.48. The van der Waals surface area contributed by atoms with E-state index in [4.69, 9.17) is 4.42 Å². The van der Waals surface area contributed by atoms with Crippen molar-refractivity contribution in [2.45, 2.75) is 25.7 Å². The molecule has 18 heavy (non-hydrogen) atoms. The predicted octanol–water partition coefficient (Wildman–Crippen LogP) is 2.46. The number of piperidine rings is 1. The molecule has 4 heteroatoms. The molecule has 1 N–H and O–H groups in total. The van der Waals surface area contributed by atoms with Gasteiger partial charge in [0.15, 0.2) is 5.76 Å². The van der Waals surface area contributed by atoms with Gasteiger partial charge in [-0.2, -0.15) is 5.10 Å². The summed E-state index contributed by atoms with van der Waals surface area (Å²) in [4.78, 5) is 0. The molecule has 2 aromatic heterocycles. The van der Waals surface area contributed by atoms with Crippen molar-refractivity contribution in [3.63, 3.8) is 0 Å². The van der Waals surface area contributed by atoms with Crippen molar-refractivity contribution >= 4 is 0 Å². The highest BCUT2D eigenvalue weighted by Gasteiger charge is 2.20. The molecule has 1 aliphatic rings. The van der Waals surface area contributed by atoms with E-state index in [1.54, 1.807) is 0 Å². The Balaban J connectivity index is 1.90. The average Bonchev–Trinajstić information content (AvgIpc) is 2.97. The molecule has 3 heterocycles. The van der Waals surface area contributed by atoms with Crippen LogP contribution in [0.1, 0.15) is 30.2 Å². The standard InChI is InChI=1S/C14H19N3O/c1-10-5-6-14(18-10)12-8-13(17(2)16-12)11-4-3-7-15-9-11/h5-6,8,11,15H,3-4,7,9H2,1-2H3. The van der Waals surface area contributed by atoms with Gasteiger partial charge in [-0.15, -0.1) is 0 Å². The van der Waals surface area contributed by atoms with Crippen LogP contribution >= 0.6 is 0 Å². The molecule has 0 spiro atoms. The first-order valence-electron chi connectivity index (χ1n) is 6.55. The van der Waals surface area contributed by atoms with Crippen LogP contribution in [0.15, 0.2) is 22.6 Å². The molecule has 3 rings (SSSR count). The Labute approximate surface area is 107 Å². The third kappa shape index (κ3) is 2.08. The Morgan fingerprint density at radius 1 is 1.44 bits per heavy atom. The minimum absolute atomic E-state index is 0.570. The lowest BCUT2D eigenvalue weighted by molar-refractivity contribution is 0.441. The van der Waals surface area contributed by atoms with Crippen LogP contribution in [0.5, 0.6) is 0 Å². The molecule has 0 bridgehead atoms. The van der Waals surface area contributed by atoms with Gasteiger partial charge in [0.25, 0.3) is 0 Å². The molecule has 4 nitrogen and oxygen atoms in total. The first-order chi connectivity index (χ1) is 8.74. The Morgan fingerprint density at radius 2 is 2.33 bits per heavy atom. The summed E-state index contributed by atoms with van der Waals surface area (Å²) in [6.45, 7) is 4.15. The quantitative estimate of drug-likeness (QED) is 0.883. The lowest BCUT2D eigenvalue weighted by Gasteiger charge is -2.22. The SMILES string of the molecule is Cc1ccc(-c2cc(C3CCCNC3)n(C)n2)o1. The average molecular weight is 245 g/mol. The summed E-state index contributed by atoms with van der Waals surface area (Å²) < 4.78 is 7.62. The van der Waals surface area contributed by atoms with Gasteiger partial charge in [-0.1, -0.05) is 0 Å². The van der Waals surface area contributed by atoms with Crippen LogP contribution in [0.2, 0.25) is 0 Å². The van der Waals surface area contributed by atoms with Crippen LogP contribution in [0.25, 0.3) is 11.5 Å². The predicted molar refractivity (Wildman–Crippen MR) is 70.5 cm³/mol. The minimum Gasteiger partial charge on any atom is -0.460 e. The van der Waals surface area contributed by atoms with E-state index in [1.165, 1.54) is 18.5 Å². The second-order valence-electron chi connectivity index (χ2n) is 5.03. The number of furan rings is 1. The van der Waals surface area contributed by atoms with E-state index in [0.29, 0.717) is 5.92 Å². The van der Waals surface area contributed by atoms with Crippen LogP contribution in [0.3, 0.4) is 0 Å². The zero-order valence-corrected chi connectivity index (χ0v) is 10.9. The minimum atomic E-state index is 0.570. The van der Waals surface area contributed by atoms with Gasteiger partial charge in [0.1, 0.15) is 11.5 Å². The lowest BCUT2D eigenvalue weighted by Crippen LogP contribution is -2.29. The molecular weight excluding hydrogens is 226 g/mol. The van der Waals surface area contributed by atoms with Gasteiger partial charge in [0.2, 0.25) is 0 Å². The number of aromatic nitrogens is 2. The van der Waals surface area contributed by atoms with Crippen molar-refractivity contribution in [3.8, 4) is 11.5 Å². The second kappa shape index (κ2) is 4.61. The van der Waals surface area contributed by atoms with Gasteiger partial charge >= 0.3 is 0 Å². The summed E-state index contributed by atoms with van der Waals surface area (Å²) in [7, 11) is 2.02. The van der Waals surface area contributed by atoms with Crippen molar-refractivity contribution in [1.29, 1.82) is 0 Å². The molecule has 0 aromatic carbocycles. The highest BCUT2D eigenvalue weighted by atomic mass is 16.3. The number of hydrogen-bond acceptors (Lipinski definition) is 3. The maximum absolute atomic E-state index is 5.63. The van der Waals surface area contributed by atoms with Crippen LogP contribution < -0.4 is 5.32 Å². The van der Waals surface area contributed by atoms with E-state index < -0.39 is 0 Å². The van der Waals surface area contributed by atoms with E-state index in [9.17, 15) is 0 Å². The summed E-state index contributed by atoms with van der Waals surface area (Å²) in [6, 6.07) is 6.13. The molecule has 96 valence electrons. The molecule has 1 saturated heterocycles. The van der Waals surface area contributed by atoms with Gasteiger partial charge in [-0.25, -0.2) is 0 Å². The summed E-state index contributed by atoms with van der Waals surface area (Å²) >= 11 is 0. The summed E-state index contributed by atoms with van der Waals surface area (Å²) in [5.41, 5.74) is 2.23. The van der Waals surface area contributed by atoms with Crippen molar-refractivity contribution in [1.82, 2.24) is 15.1 Å². The van der Waals surface area contributed by atoms with E-state index in [0.717, 1.165) is 30.3 Å². The first kappa shape index (κ1) is 11.5. The zero-order valence-electron chi connectivity index (χ0n) is 10.9. The van der Waals surface area contributed by atoms with Crippen molar-refractivity contribution in [2.24, 2.45) is 7.05 Å². The topological polar surface area (TPSA) is 43.0 Å². The normalized spacial score (nSPS) is 20.2. The second-order valence-corrected chi connectivity index (χ2v) is 5.03. The van der Waals surface area contributed by atoms with E-state index in [2.05, 4.69) is 16.5 Å². The number of nitrogens with zero attached hydrogens (tertiary/aromatic N) is 2. The Bertz CT molecular complexity index is 535. The van der Waals surface area contributed by atoms with E-state index >= 15 is 0 Å². The molecule has 2 aromatic rings. The molecule has 1 fully saturated rings. The van der Waals surface area contributed by atoms with E-state index in [1.807, 2.05) is 30.8 Å². The van der Waals surface area contributed by atoms with Crippen LogP contribution in [0, 0.1) is 6.92 Å². The molecule has 0 saturated carbocycles. The van der Waals surface area contributed by atoms with Crippen LogP contribution in [0.4, 0.5) is 0 Å². The third-order valence-electron chi connectivity index (χ3n) is 3.62. The Kier molecular flexibility index (Phi) is 2.96. The van der Waals surface area contributed by atoms with Crippen LogP contribution in [-0.4, -0.2) is 22.9 Å². The van der Waals surface area contributed by atoms with Crippen molar-refractivity contribution < 1.29 is 4.42 Å². The molecule has 0 aliphatic carbocycles. The largest absolute Gasteiger partial charge is 0.460 e. The molecule has 1 atom stereocenters. The van der Waals surface area contributed by atoms with Gasteiger partial charge in [0, 0.05) is 25.2 Å².